The Bertz CT molecular complexity index is 570. The smallest absolute Gasteiger partial charge is 0.726 e. The third-order valence-corrected chi connectivity index (χ3v) is 8.80. The Morgan fingerprint density at radius 3 is 0.900 bits per heavy atom. The maximum atomic E-state index is 11.0. The summed E-state index contributed by atoms with van der Waals surface area (Å²) in [6, 6.07) is 0. The van der Waals surface area contributed by atoms with Crippen molar-refractivity contribution in [2.45, 2.75) is 206 Å². The molecule has 40 heavy (non-hydrogen) atoms. The Morgan fingerprint density at radius 1 is 0.450 bits per heavy atom. The summed E-state index contributed by atoms with van der Waals surface area (Å²) in [6.07, 6.45) is 39.5. The third-order valence-electron chi connectivity index (χ3n) is 8.38. The molecule has 4 nitrogen and oxygen atoms in total. The van der Waals surface area contributed by atoms with Crippen molar-refractivity contribution in [1.29, 1.82) is 0 Å². The maximum Gasteiger partial charge on any atom is 1.00 e. The van der Waals surface area contributed by atoms with E-state index in [9.17, 15) is 13.0 Å². The molecule has 1 atom stereocenters. The SMILES string of the molecule is CCCCCCCCCCCCCCCCCC(CCCCCCCCCCCCCCC)COS(=O)(=O)[O-].[Na+]. The summed E-state index contributed by atoms with van der Waals surface area (Å²) in [7, 11) is -4.59. The van der Waals surface area contributed by atoms with E-state index in [2.05, 4.69) is 18.0 Å². The largest absolute Gasteiger partial charge is 1.00 e. The predicted molar refractivity (Wildman–Crippen MR) is 169 cm³/mol. The Morgan fingerprint density at radius 2 is 0.675 bits per heavy atom. The zero-order valence-electron chi connectivity index (χ0n) is 27.5. The Balaban J connectivity index is 0. The van der Waals surface area contributed by atoms with Crippen molar-refractivity contribution < 1.29 is 46.7 Å². The van der Waals surface area contributed by atoms with Gasteiger partial charge in [-0.05, 0) is 18.8 Å². The van der Waals surface area contributed by atoms with Crippen LogP contribution in [0.15, 0.2) is 0 Å². The van der Waals surface area contributed by atoms with Crippen LogP contribution in [0.5, 0.6) is 0 Å². The molecule has 0 aromatic rings. The molecular formula is C34H69NaO4S. The minimum absolute atomic E-state index is 0. The van der Waals surface area contributed by atoms with E-state index >= 15 is 0 Å². The van der Waals surface area contributed by atoms with Gasteiger partial charge in [0, 0.05) is 0 Å². The van der Waals surface area contributed by atoms with Crippen LogP contribution in [0.2, 0.25) is 0 Å². The number of rotatable bonds is 33. The van der Waals surface area contributed by atoms with E-state index in [4.69, 9.17) is 0 Å². The molecule has 0 saturated heterocycles. The van der Waals surface area contributed by atoms with Crippen LogP contribution in [-0.4, -0.2) is 19.6 Å². The van der Waals surface area contributed by atoms with E-state index in [0.29, 0.717) is 0 Å². The molecule has 1 unspecified atom stereocenters. The minimum atomic E-state index is -4.59. The van der Waals surface area contributed by atoms with E-state index in [1.165, 1.54) is 167 Å². The molecule has 0 aliphatic heterocycles. The van der Waals surface area contributed by atoms with Gasteiger partial charge in [-0.15, -0.1) is 0 Å². The van der Waals surface area contributed by atoms with Crippen molar-refractivity contribution in [2.75, 3.05) is 6.61 Å². The van der Waals surface area contributed by atoms with Crippen molar-refractivity contribution in [3.63, 3.8) is 0 Å². The van der Waals surface area contributed by atoms with Gasteiger partial charge in [0.1, 0.15) is 0 Å². The fourth-order valence-corrected chi connectivity index (χ4v) is 6.10. The summed E-state index contributed by atoms with van der Waals surface area (Å²) in [4.78, 5) is 0. The van der Waals surface area contributed by atoms with Crippen molar-refractivity contribution in [3.05, 3.63) is 0 Å². The molecule has 0 N–H and O–H groups in total. The van der Waals surface area contributed by atoms with Gasteiger partial charge in [-0.3, -0.25) is 4.18 Å². The van der Waals surface area contributed by atoms with Crippen molar-refractivity contribution in [1.82, 2.24) is 0 Å². The topological polar surface area (TPSA) is 66.4 Å². The normalized spacial score (nSPS) is 12.5. The quantitative estimate of drug-likeness (QED) is 0.0329. The summed E-state index contributed by atoms with van der Waals surface area (Å²) in [5.74, 6) is 0.198. The average molecular weight is 597 g/mol. The van der Waals surface area contributed by atoms with Gasteiger partial charge in [-0.1, -0.05) is 194 Å². The standard InChI is InChI=1S/C34H70O4S.Na/c1-3-5-7-9-11-13-15-17-18-20-22-24-26-28-30-32-34(33-38-39(35,36)37)31-29-27-25-23-21-19-16-14-12-10-8-6-4-2;/h34H,3-33H2,1-2H3,(H,35,36,37);/q;+1/p-1. The molecule has 0 spiro atoms. The zero-order valence-corrected chi connectivity index (χ0v) is 30.4. The second kappa shape index (κ2) is 34.4. The van der Waals surface area contributed by atoms with E-state index in [1.807, 2.05) is 0 Å². The van der Waals surface area contributed by atoms with E-state index < -0.39 is 10.4 Å². The van der Waals surface area contributed by atoms with Crippen molar-refractivity contribution in [2.24, 2.45) is 5.92 Å². The molecule has 0 rings (SSSR count). The van der Waals surface area contributed by atoms with Crippen molar-refractivity contribution >= 4 is 10.4 Å². The van der Waals surface area contributed by atoms with Crippen LogP contribution in [0.25, 0.3) is 0 Å². The van der Waals surface area contributed by atoms with E-state index in [-0.39, 0.29) is 42.1 Å². The maximum absolute atomic E-state index is 11.0. The van der Waals surface area contributed by atoms with Gasteiger partial charge in [0.15, 0.2) is 0 Å². The van der Waals surface area contributed by atoms with Crippen LogP contribution in [0.1, 0.15) is 206 Å². The van der Waals surface area contributed by atoms with Gasteiger partial charge in [0.05, 0.1) is 6.61 Å². The fraction of sp³-hybridized carbons (Fsp3) is 1.00. The first-order valence-corrected chi connectivity index (χ1v) is 18.9. The summed E-state index contributed by atoms with van der Waals surface area (Å²) in [5, 5.41) is 0. The molecule has 0 fully saturated rings. The van der Waals surface area contributed by atoms with Crippen LogP contribution in [0.4, 0.5) is 0 Å². The molecular weight excluding hydrogens is 527 g/mol. The molecule has 0 aromatic heterocycles. The molecule has 0 aromatic carbocycles. The second-order valence-electron chi connectivity index (χ2n) is 12.3. The molecule has 236 valence electrons. The van der Waals surface area contributed by atoms with Crippen LogP contribution < -0.4 is 29.6 Å². The Labute approximate surface area is 274 Å². The zero-order chi connectivity index (χ0) is 28.7. The van der Waals surface area contributed by atoms with Gasteiger partial charge < -0.3 is 4.55 Å². The first kappa shape index (κ1) is 43.0. The van der Waals surface area contributed by atoms with Crippen LogP contribution in [-0.2, 0) is 14.6 Å². The number of hydrogen-bond acceptors (Lipinski definition) is 4. The van der Waals surface area contributed by atoms with E-state index in [1.54, 1.807) is 0 Å². The molecule has 0 bridgehead atoms. The Hall–Kier alpha value is 0.870. The molecule has 0 saturated carbocycles. The van der Waals surface area contributed by atoms with Crippen LogP contribution in [0, 0.1) is 5.92 Å². The van der Waals surface area contributed by atoms with Gasteiger partial charge in [-0.2, -0.15) is 0 Å². The fourth-order valence-electron chi connectivity index (χ4n) is 5.75. The second-order valence-corrected chi connectivity index (χ2v) is 13.4. The molecule has 0 aliphatic rings. The first-order valence-electron chi connectivity index (χ1n) is 17.6. The molecule has 0 amide bonds. The first-order chi connectivity index (χ1) is 19.0. The summed E-state index contributed by atoms with van der Waals surface area (Å²) in [5.41, 5.74) is 0. The molecule has 0 radical (unpaired) electrons. The minimum Gasteiger partial charge on any atom is -0.726 e. The summed E-state index contributed by atoms with van der Waals surface area (Å²) in [6.45, 7) is 4.62. The number of unbranched alkanes of at least 4 members (excludes halogenated alkanes) is 26. The average Bonchev–Trinajstić information content (AvgIpc) is 2.91. The Kier molecular flexibility index (Phi) is 36.9. The van der Waals surface area contributed by atoms with Gasteiger partial charge in [-0.25, -0.2) is 8.42 Å². The number of hydrogen-bond donors (Lipinski definition) is 0. The van der Waals surface area contributed by atoms with Crippen molar-refractivity contribution in [3.8, 4) is 0 Å². The van der Waals surface area contributed by atoms with Gasteiger partial charge in [0.25, 0.3) is 0 Å². The van der Waals surface area contributed by atoms with E-state index in [0.717, 1.165) is 25.7 Å². The summed E-state index contributed by atoms with van der Waals surface area (Å²) >= 11 is 0. The van der Waals surface area contributed by atoms with Crippen LogP contribution in [0.3, 0.4) is 0 Å². The third kappa shape index (κ3) is 36.9. The predicted octanol–water partition coefficient (Wildman–Crippen LogP) is 8.83. The molecule has 0 heterocycles. The van der Waals surface area contributed by atoms with Crippen LogP contribution >= 0.6 is 0 Å². The van der Waals surface area contributed by atoms with Gasteiger partial charge >= 0.3 is 29.6 Å². The monoisotopic (exact) mass is 596 g/mol. The molecule has 0 aliphatic carbocycles. The summed E-state index contributed by atoms with van der Waals surface area (Å²) < 4.78 is 37.5. The van der Waals surface area contributed by atoms with Gasteiger partial charge in [0.2, 0.25) is 10.4 Å². The molecule has 6 heteroatoms.